The summed E-state index contributed by atoms with van der Waals surface area (Å²) in [5, 5.41) is 0. The number of aromatic nitrogens is 4. The summed E-state index contributed by atoms with van der Waals surface area (Å²) in [6.07, 6.45) is 8.16. The number of imidazole rings is 2. The largest absolute Gasteiger partial charge is 0.349 e. The van der Waals surface area contributed by atoms with Crippen molar-refractivity contribution in [2.24, 2.45) is 11.7 Å². The van der Waals surface area contributed by atoms with Crippen LogP contribution < -0.4 is 5.73 Å². The van der Waals surface area contributed by atoms with Gasteiger partial charge < -0.3 is 15.3 Å². The Hall–Kier alpha value is -1.62. The fraction of sp³-hybridized carbons (Fsp3) is 0.500. The molecule has 0 aliphatic heterocycles. The lowest BCUT2D eigenvalue weighted by atomic mass is 10.0. The molecule has 0 saturated heterocycles. The molecular weight excluding hydrogens is 214 g/mol. The van der Waals surface area contributed by atoms with Crippen LogP contribution in [0.1, 0.15) is 31.4 Å². The van der Waals surface area contributed by atoms with Gasteiger partial charge in [-0.15, -0.1) is 0 Å². The number of nitrogens with one attached hydrogen (secondary N) is 1. The molecule has 92 valence electrons. The van der Waals surface area contributed by atoms with Crippen molar-refractivity contribution in [3.8, 4) is 0 Å². The van der Waals surface area contributed by atoms with Gasteiger partial charge in [-0.3, -0.25) is 0 Å². The van der Waals surface area contributed by atoms with E-state index in [0.29, 0.717) is 5.92 Å². The lowest BCUT2D eigenvalue weighted by Crippen LogP contribution is -2.20. The fourth-order valence-electron chi connectivity index (χ4n) is 1.80. The number of H-pyrrole nitrogens is 1. The van der Waals surface area contributed by atoms with Gasteiger partial charge in [-0.25, -0.2) is 9.97 Å². The average molecular weight is 233 g/mol. The van der Waals surface area contributed by atoms with Gasteiger partial charge in [-0.05, 0) is 5.92 Å². The van der Waals surface area contributed by atoms with E-state index in [9.17, 15) is 0 Å². The number of aromatic amines is 1. The van der Waals surface area contributed by atoms with Crippen LogP contribution in [0.5, 0.6) is 0 Å². The second-order valence-electron chi connectivity index (χ2n) is 4.57. The summed E-state index contributed by atoms with van der Waals surface area (Å²) >= 11 is 0. The Morgan fingerprint density at radius 3 is 2.94 bits per heavy atom. The third-order valence-electron chi connectivity index (χ3n) is 2.95. The average Bonchev–Trinajstić information content (AvgIpc) is 2.96. The topological polar surface area (TPSA) is 72.5 Å². The molecule has 2 heterocycles. The molecule has 0 spiro atoms. The summed E-state index contributed by atoms with van der Waals surface area (Å²) in [6, 6.07) is 0.0362. The minimum atomic E-state index is 0.0362. The van der Waals surface area contributed by atoms with Gasteiger partial charge in [-0.1, -0.05) is 13.8 Å². The first kappa shape index (κ1) is 11.9. The van der Waals surface area contributed by atoms with Crippen LogP contribution in [0, 0.1) is 5.92 Å². The van der Waals surface area contributed by atoms with E-state index in [1.807, 2.05) is 18.7 Å². The molecular formula is C12H19N5. The molecule has 0 aromatic carbocycles. The Balaban J connectivity index is 2.04. The number of aryl methyl sites for hydroxylation is 2. The first-order chi connectivity index (χ1) is 8.18. The molecule has 2 aromatic heterocycles. The molecule has 5 heteroatoms. The molecule has 17 heavy (non-hydrogen) atoms. The van der Waals surface area contributed by atoms with Gasteiger partial charge >= 0.3 is 0 Å². The van der Waals surface area contributed by atoms with Gasteiger partial charge in [0, 0.05) is 37.6 Å². The van der Waals surface area contributed by atoms with Crippen molar-refractivity contribution < 1.29 is 0 Å². The standard InChI is InChI=1S/C12H19N5/c1-9(2)12(13)10-7-14-8-17(10)6-3-11-15-4-5-16-11/h4-5,7-9,12H,3,6,13H2,1-2H3,(H,15,16). The first-order valence-electron chi connectivity index (χ1n) is 5.92. The maximum atomic E-state index is 6.15. The van der Waals surface area contributed by atoms with Crippen LogP contribution in [-0.2, 0) is 13.0 Å². The predicted octanol–water partition coefficient (Wildman–Crippen LogP) is 1.50. The highest BCUT2D eigenvalue weighted by molar-refractivity contribution is 5.06. The summed E-state index contributed by atoms with van der Waals surface area (Å²) in [7, 11) is 0. The summed E-state index contributed by atoms with van der Waals surface area (Å²) in [4.78, 5) is 11.5. The number of hydrogen-bond acceptors (Lipinski definition) is 3. The van der Waals surface area contributed by atoms with E-state index in [-0.39, 0.29) is 6.04 Å². The van der Waals surface area contributed by atoms with Gasteiger partial charge in [0.25, 0.3) is 0 Å². The minimum Gasteiger partial charge on any atom is -0.349 e. The van der Waals surface area contributed by atoms with E-state index >= 15 is 0 Å². The lowest BCUT2D eigenvalue weighted by molar-refractivity contribution is 0.476. The van der Waals surface area contributed by atoms with Gasteiger partial charge in [-0.2, -0.15) is 0 Å². The highest BCUT2D eigenvalue weighted by atomic mass is 15.1. The van der Waals surface area contributed by atoms with Crippen molar-refractivity contribution in [2.45, 2.75) is 32.9 Å². The van der Waals surface area contributed by atoms with Crippen LogP contribution in [-0.4, -0.2) is 19.5 Å². The van der Waals surface area contributed by atoms with Gasteiger partial charge in [0.05, 0.1) is 12.0 Å². The Morgan fingerprint density at radius 1 is 1.47 bits per heavy atom. The van der Waals surface area contributed by atoms with Crippen LogP contribution in [0.25, 0.3) is 0 Å². The molecule has 5 nitrogen and oxygen atoms in total. The fourth-order valence-corrected chi connectivity index (χ4v) is 1.80. The highest BCUT2D eigenvalue weighted by Crippen LogP contribution is 2.18. The smallest absolute Gasteiger partial charge is 0.107 e. The molecule has 1 unspecified atom stereocenters. The molecule has 2 aromatic rings. The van der Waals surface area contributed by atoms with Crippen molar-refractivity contribution in [2.75, 3.05) is 0 Å². The van der Waals surface area contributed by atoms with Crippen LogP contribution in [0.2, 0.25) is 0 Å². The SMILES string of the molecule is CC(C)C(N)c1cncn1CCc1ncc[nH]1. The van der Waals surface area contributed by atoms with E-state index < -0.39 is 0 Å². The van der Waals surface area contributed by atoms with E-state index in [1.165, 1.54) is 0 Å². The van der Waals surface area contributed by atoms with Crippen LogP contribution in [0.3, 0.4) is 0 Å². The molecule has 0 aliphatic carbocycles. The van der Waals surface area contributed by atoms with E-state index in [4.69, 9.17) is 5.73 Å². The van der Waals surface area contributed by atoms with Crippen molar-refractivity contribution in [3.05, 3.63) is 36.4 Å². The van der Waals surface area contributed by atoms with Crippen molar-refractivity contribution in [1.82, 2.24) is 19.5 Å². The normalized spacial score (nSPS) is 13.2. The Labute approximate surface area is 101 Å². The molecule has 0 amide bonds. The summed E-state index contributed by atoms with van der Waals surface area (Å²) in [5.41, 5.74) is 7.24. The summed E-state index contributed by atoms with van der Waals surface area (Å²) in [6.45, 7) is 5.09. The quantitative estimate of drug-likeness (QED) is 0.822. The molecule has 0 radical (unpaired) electrons. The summed E-state index contributed by atoms with van der Waals surface area (Å²) < 4.78 is 2.10. The van der Waals surface area contributed by atoms with Gasteiger partial charge in [0.2, 0.25) is 0 Å². The molecule has 3 N–H and O–H groups in total. The maximum absolute atomic E-state index is 6.15. The molecule has 0 saturated carbocycles. The van der Waals surface area contributed by atoms with E-state index in [0.717, 1.165) is 24.5 Å². The highest BCUT2D eigenvalue weighted by Gasteiger charge is 2.14. The zero-order valence-corrected chi connectivity index (χ0v) is 10.3. The van der Waals surface area contributed by atoms with Crippen molar-refractivity contribution in [1.29, 1.82) is 0 Å². The second kappa shape index (κ2) is 5.14. The van der Waals surface area contributed by atoms with Crippen molar-refractivity contribution in [3.63, 3.8) is 0 Å². The van der Waals surface area contributed by atoms with E-state index in [2.05, 4.69) is 33.4 Å². The van der Waals surface area contributed by atoms with Crippen LogP contribution in [0.4, 0.5) is 0 Å². The molecule has 1 atom stereocenters. The minimum absolute atomic E-state index is 0.0362. The molecule has 0 fully saturated rings. The third kappa shape index (κ3) is 2.74. The van der Waals surface area contributed by atoms with Crippen LogP contribution >= 0.6 is 0 Å². The number of hydrogen-bond donors (Lipinski definition) is 2. The second-order valence-corrected chi connectivity index (χ2v) is 4.57. The third-order valence-corrected chi connectivity index (χ3v) is 2.95. The maximum Gasteiger partial charge on any atom is 0.107 e. The Morgan fingerprint density at radius 2 is 2.29 bits per heavy atom. The Bertz CT molecular complexity index is 443. The first-order valence-corrected chi connectivity index (χ1v) is 5.92. The zero-order chi connectivity index (χ0) is 12.3. The lowest BCUT2D eigenvalue weighted by Gasteiger charge is -2.17. The van der Waals surface area contributed by atoms with E-state index in [1.54, 1.807) is 6.20 Å². The van der Waals surface area contributed by atoms with Crippen molar-refractivity contribution >= 4 is 0 Å². The molecule has 0 aliphatic rings. The summed E-state index contributed by atoms with van der Waals surface area (Å²) in [5.74, 6) is 1.40. The van der Waals surface area contributed by atoms with Gasteiger partial charge in [0.1, 0.15) is 5.82 Å². The molecule has 2 rings (SSSR count). The molecule has 0 bridgehead atoms. The monoisotopic (exact) mass is 233 g/mol. The number of rotatable bonds is 5. The number of nitrogens with two attached hydrogens (primary N) is 1. The van der Waals surface area contributed by atoms with Gasteiger partial charge in [0.15, 0.2) is 0 Å². The predicted molar refractivity (Wildman–Crippen MR) is 66.3 cm³/mol. The zero-order valence-electron chi connectivity index (χ0n) is 10.3. The number of nitrogens with zero attached hydrogens (tertiary/aromatic N) is 3. The van der Waals surface area contributed by atoms with Crippen LogP contribution in [0.15, 0.2) is 24.9 Å². The Kier molecular flexibility index (Phi) is 3.58.